The van der Waals surface area contributed by atoms with E-state index in [2.05, 4.69) is 5.32 Å². The maximum atomic E-state index is 9.88. The van der Waals surface area contributed by atoms with Gasteiger partial charge < -0.3 is 11.1 Å². The molecule has 0 aliphatic carbocycles. The number of hydrogen-bond donors (Lipinski definition) is 2. The van der Waals surface area contributed by atoms with Gasteiger partial charge in [-0.25, -0.2) is 4.79 Å². The second kappa shape index (κ2) is 3.67. The van der Waals surface area contributed by atoms with Crippen LogP contribution in [0.4, 0.5) is 4.79 Å². The summed E-state index contributed by atoms with van der Waals surface area (Å²) in [6, 6.07) is 0.652. The second-order valence-corrected chi connectivity index (χ2v) is 2.29. The Hall–Kier alpha value is -0.513. The van der Waals surface area contributed by atoms with Crippen molar-refractivity contribution in [3.8, 4) is 0 Å². The van der Waals surface area contributed by atoms with Crippen LogP contribution in [0, 0.1) is 0 Å². The Labute approximate surface area is 45.7 Å². The smallest absolute Gasteiger partial charge is 0.312 e. The molecule has 0 radical (unpaired) electrons. The van der Waals surface area contributed by atoms with E-state index >= 15 is 0 Å². The molecule has 42 valence electrons. The molecule has 0 saturated heterocycles. The molecule has 0 rings (SSSR count). The van der Waals surface area contributed by atoms with E-state index in [-0.39, 0.29) is 0 Å². The van der Waals surface area contributed by atoms with Gasteiger partial charge in [0.2, 0.25) is 0 Å². The first kappa shape index (κ1) is 6.49. The van der Waals surface area contributed by atoms with Crippen LogP contribution in [0.15, 0.2) is 0 Å². The number of amides is 2. The van der Waals surface area contributed by atoms with E-state index in [0.717, 1.165) is 22.8 Å². The Kier molecular flexibility index (Phi) is 3.40. The molecule has 3 nitrogen and oxygen atoms in total. The standard InChI is InChI=1S/C3H10N2OSi/c4-3(6)5-1-2-7/h1-2H2,7H3,(H3,4,5,6). The molecular formula is C3H10N2OSi. The van der Waals surface area contributed by atoms with Gasteiger partial charge in [-0.3, -0.25) is 0 Å². The van der Waals surface area contributed by atoms with Crippen molar-refractivity contribution in [3.05, 3.63) is 0 Å². The van der Waals surface area contributed by atoms with E-state index in [9.17, 15) is 4.79 Å². The van der Waals surface area contributed by atoms with Gasteiger partial charge >= 0.3 is 6.03 Å². The predicted octanol–water partition coefficient (Wildman–Crippen LogP) is -1.56. The molecule has 0 heterocycles. The SMILES string of the molecule is NC(=O)NCC[SiH3]. The molecule has 0 aromatic heterocycles. The van der Waals surface area contributed by atoms with Crippen LogP contribution < -0.4 is 11.1 Å². The summed E-state index contributed by atoms with van der Waals surface area (Å²) in [7, 11) is 1.12. The summed E-state index contributed by atoms with van der Waals surface area (Å²) in [6.07, 6.45) is 0. The van der Waals surface area contributed by atoms with Gasteiger partial charge in [0.15, 0.2) is 0 Å². The predicted molar refractivity (Wildman–Crippen MR) is 32.3 cm³/mol. The molecule has 0 atom stereocenters. The van der Waals surface area contributed by atoms with E-state index in [4.69, 9.17) is 5.73 Å². The van der Waals surface area contributed by atoms with Gasteiger partial charge in [0.1, 0.15) is 0 Å². The van der Waals surface area contributed by atoms with Crippen molar-refractivity contribution in [2.75, 3.05) is 6.54 Å². The summed E-state index contributed by atoms with van der Waals surface area (Å²) in [6.45, 7) is 0.738. The number of nitrogens with two attached hydrogens (primary N) is 1. The Bertz CT molecular complexity index is 66.0. The first-order valence-corrected chi connectivity index (χ1v) is 3.72. The lowest BCUT2D eigenvalue weighted by Crippen LogP contribution is -2.29. The fourth-order valence-corrected chi connectivity index (χ4v) is 0.498. The monoisotopic (exact) mass is 118 g/mol. The molecule has 3 N–H and O–H groups in total. The first-order chi connectivity index (χ1) is 3.27. The molecule has 0 bridgehead atoms. The topological polar surface area (TPSA) is 55.1 Å². The second-order valence-electron chi connectivity index (χ2n) is 1.29. The van der Waals surface area contributed by atoms with Crippen molar-refractivity contribution in [1.82, 2.24) is 5.32 Å². The first-order valence-electron chi connectivity index (χ1n) is 2.30. The summed E-state index contributed by atoms with van der Waals surface area (Å²) in [5.74, 6) is 0. The molecule has 0 aromatic carbocycles. The third-order valence-electron chi connectivity index (χ3n) is 0.549. The fraction of sp³-hybridized carbons (Fsp3) is 0.667. The molecule has 0 aromatic rings. The van der Waals surface area contributed by atoms with Crippen molar-refractivity contribution >= 4 is 16.3 Å². The fourth-order valence-electron chi connectivity index (χ4n) is 0.248. The third kappa shape index (κ3) is 5.49. The van der Waals surface area contributed by atoms with Crippen molar-refractivity contribution in [1.29, 1.82) is 0 Å². The van der Waals surface area contributed by atoms with Gasteiger partial charge in [0.05, 0.1) is 0 Å². The summed E-state index contributed by atoms with van der Waals surface area (Å²) >= 11 is 0. The lowest BCUT2D eigenvalue weighted by atomic mass is 10.7. The zero-order valence-corrected chi connectivity index (χ0v) is 6.40. The molecule has 2 amide bonds. The average molecular weight is 118 g/mol. The quantitative estimate of drug-likeness (QED) is 0.423. The Morgan fingerprint density at radius 2 is 2.43 bits per heavy atom. The Morgan fingerprint density at radius 1 is 1.86 bits per heavy atom. The number of carbonyl (C=O) groups is 1. The summed E-state index contributed by atoms with van der Waals surface area (Å²) in [5.41, 5.74) is 4.74. The van der Waals surface area contributed by atoms with Crippen molar-refractivity contribution in [2.45, 2.75) is 6.04 Å². The Balaban J connectivity index is 2.82. The highest BCUT2D eigenvalue weighted by molar-refractivity contribution is 6.08. The van der Waals surface area contributed by atoms with Crippen LogP contribution in [-0.2, 0) is 0 Å². The molecule has 0 aliphatic rings. The van der Waals surface area contributed by atoms with Crippen LogP contribution >= 0.6 is 0 Å². The normalized spacial score (nSPS) is 8.57. The van der Waals surface area contributed by atoms with Crippen molar-refractivity contribution < 1.29 is 4.79 Å². The van der Waals surface area contributed by atoms with Crippen LogP contribution in [0.5, 0.6) is 0 Å². The molecule has 0 aliphatic heterocycles. The van der Waals surface area contributed by atoms with E-state index in [1.165, 1.54) is 0 Å². The van der Waals surface area contributed by atoms with Crippen molar-refractivity contribution in [3.63, 3.8) is 0 Å². The highest BCUT2D eigenvalue weighted by atomic mass is 28.1. The van der Waals surface area contributed by atoms with E-state index in [1.54, 1.807) is 0 Å². The van der Waals surface area contributed by atoms with Crippen LogP contribution in [0.25, 0.3) is 0 Å². The summed E-state index contributed by atoms with van der Waals surface area (Å²) < 4.78 is 0. The van der Waals surface area contributed by atoms with Crippen LogP contribution in [0.2, 0.25) is 6.04 Å². The minimum absolute atomic E-state index is 0.421. The number of carbonyl (C=O) groups excluding carboxylic acids is 1. The van der Waals surface area contributed by atoms with Gasteiger partial charge in [0.25, 0.3) is 0 Å². The van der Waals surface area contributed by atoms with Gasteiger partial charge in [-0.2, -0.15) is 0 Å². The zero-order chi connectivity index (χ0) is 5.70. The minimum atomic E-state index is -0.421. The largest absolute Gasteiger partial charge is 0.352 e. The summed E-state index contributed by atoms with van der Waals surface area (Å²) in [4.78, 5) is 9.88. The van der Waals surface area contributed by atoms with Crippen LogP contribution in [0.1, 0.15) is 0 Å². The van der Waals surface area contributed by atoms with E-state index < -0.39 is 6.03 Å². The summed E-state index contributed by atoms with van der Waals surface area (Å²) in [5, 5.41) is 2.47. The molecule has 0 unspecified atom stereocenters. The van der Waals surface area contributed by atoms with Gasteiger partial charge in [-0.05, 0) is 6.04 Å². The van der Waals surface area contributed by atoms with Crippen LogP contribution in [-0.4, -0.2) is 22.8 Å². The van der Waals surface area contributed by atoms with E-state index in [0.29, 0.717) is 0 Å². The molecule has 0 saturated carbocycles. The number of urea groups is 1. The van der Waals surface area contributed by atoms with Gasteiger partial charge in [0, 0.05) is 16.8 Å². The van der Waals surface area contributed by atoms with E-state index in [1.807, 2.05) is 0 Å². The highest BCUT2D eigenvalue weighted by Gasteiger charge is 1.83. The maximum Gasteiger partial charge on any atom is 0.312 e. The highest BCUT2D eigenvalue weighted by Crippen LogP contribution is 1.62. The molecule has 4 heteroatoms. The number of rotatable bonds is 2. The zero-order valence-electron chi connectivity index (χ0n) is 4.40. The van der Waals surface area contributed by atoms with Gasteiger partial charge in [-0.1, -0.05) is 0 Å². The maximum absolute atomic E-state index is 9.88. The number of primary amides is 1. The number of nitrogens with one attached hydrogen (secondary N) is 1. The van der Waals surface area contributed by atoms with Gasteiger partial charge in [-0.15, -0.1) is 0 Å². The molecule has 7 heavy (non-hydrogen) atoms. The molecular weight excluding hydrogens is 108 g/mol. The third-order valence-corrected chi connectivity index (χ3v) is 1.05. The molecule has 0 spiro atoms. The Morgan fingerprint density at radius 3 is 2.57 bits per heavy atom. The number of hydrogen-bond acceptors (Lipinski definition) is 1. The lowest BCUT2D eigenvalue weighted by Gasteiger charge is -1.93. The van der Waals surface area contributed by atoms with Crippen LogP contribution in [0.3, 0.4) is 0 Å². The average Bonchev–Trinajstić information content (AvgIpc) is 1.61. The lowest BCUT2D eigenvalue weighted by molar-refractivity contribution is 0.249. The minimum Gasteiger partial charge on any atom is -0.352 e. The van der Waals surface area contributed by atoms with Crippen molar-refractivity contribution in [2.24, 2.45) is 5.73 Å². The molecule has 0 fully saturated rings.